The molecular formula is C14H13NO2. The van der Waals surface area contributed by atoms with Crippen molar-refractivity contribution in [2.75, 3.05) is 0 Å². The minimum absolute atomic E-state index is 0.705. The second kappa shape index (κ2) is 4.70. The second-order valence-corrected chi connectivity index (χ2v) is 3.87. The van der Waals surface area contributed by atoms with Crippen molar-refractivity contribution in [3.63, 3.8) is 0 Å². The number of para-hydroxylation sites is 1. The van der Waals surface area contributed by atoms with Crippen LogP contribution in [0.4, 0.5) is 0 Å². The molecule has 3 nitrogen and oxygen atoms in total. The average molecular weight is 227 g/mol. The van der Waals surface area contributed by atoms with Crippen LogP contribution in [0.5, 0.6) is 0 Å². The van der Waals surface area contributed by atoms with Gasteiger partial charge < -0.3 is 10.1 Å². The van der Waals surface area contributed by atoms with Crippen LogP contribution in [-0.2, 0) is 4.79 Å². The fourth-order valence-electron chi connectivity index (χ4n) is 1.65. The molecule has 0 amide bonds. The van der Waals surface area contributed by atoms with Crippen molar-refractivity contribution in [1.29, 1.82) is 0 Å². The molecule has 0 saturated carbocycles. The molecule has 3 heteroatoms. The molecule has 0 aliphatic heterocycles. The lowest BCUT2D eigenvalue weighted by atomic mass is 10.2. The third-order valence-electron chi connectivity index (χ3n) is 2.43. The maximum Gasteiger partial charge on any atom is 0.328 e. The van der Waals surface area contributed by atoms with E-state index in [-0.39, 0.29) is 0 Å². The van der Waals surface area contributed by atoms with Gasteiger partial charge in [-0.3, -0.25) is 0 Å². The quantitative estimate of drug-likeness (QED) is 0.625. The largest absolute Gasteiger partial charge is 0.478 e. The first kappa shape index (κ1) is 11.2. The number of aliphatic carboxylic acids is 1. The minimum atomic E-state index is -0.927. The molecule has 0 fully saturated rings. The topological polar surface area (TPSA) is 53.1 Å². The Morgan fingerprint density at radius 2 is 2.12 bits per heavy atom. The molecule has 17 heavy (non-hydrogen) atoms. The zero-order valence-corrected chi connectivity index (χ0v) is 9.47. The first-order chi connectivity index (χ1) is 8.15. The average Bonchev–Trinajstić information content (AvgIpc) is 2.68. The van der Waals surface area contributed by atoms with Crippen molar-refractivity contribution in [1.82, 2.24) is 4.98 Å². The Morgan fingerprint density at radius 1 is 1.35 bits per heavy atom. The van der Waals surface area contributed by atoms with Crippen LogP contribution in [0.25, 0.3) is 17.0 Å². The van der Waals surface area contributed by atoms with Crippen molar-refractivity contribution < 1.29 is 9.90 Å². The molecule has 0 bridgehead atoms. The standard InChI is InChI=1S/C14H13NO2/c1-10(8-14(16)17)6-7-12-9-11-4-2-3-5-13(11)15-12/h2-9,15H,1H3,(H,16,17)/b7-6+,10-8+. The van der Waals surface area contributed by atoms with Crippen LogP contribution in [0.15, 0.2) is 48.1 Å². The Bertz CT molecular complexity index is 572. The Hall–Kier alpha value is -2.29. The van der Waals surface area contributed by atoms with Gasteiger partial charge in [0.05, 0.1) is 0 Å². The number of allylic oxidation sites excluding steroid dienone is 2. The number of hydrogen-bond donors (Lipinski definition) is 2. The van der Waals surface area contributed by atoms with Gasteiger partial charge >= 0.3 is 5.97 Å². The Morgan fingerprint density at radius 3 is 2.82 bits per heavy atom. The summed E-state index contributed by atoms with van der Waals surface area (Å²) in [5.74, 6) is -0.927. The van der Waals surface area contributed by atoms with Crippen molar-refractivity contribution >= 4 is 22.9 Å². The molecule has 86 valence electrons. The van der Waals surface area contributed by atoms with Crippen LogP contribution in [0.1, 0.15) is 12.6 Å². The third-order valence-corrected chi connectivity index (χ3v) is 2.43. The summed E-state index contributed by atoms with van der Waals surface area (Å²) in [5.41, 5.74) is 2.74. The van der Waals surface area contributed by atoms with Crippen LogP contribution in [0.3, 0.4) is 0 Å². The summed E-state index contributed by atoms with van der Waals surface area (Å²) < 4.78 is 0. The summed E-state index contributed by atoms with van der Waals surface area (Å²) in [6.07, 6.45) is 4.83. The van der Waals surface area contributed by atoms with Crippen molar-refractivity contribution in [3.8, 4) is 0 Å². The molecule has 1 heterocycles. The molecule has 2 rings (SSSR count). The number of fused-ring (bicyclic) bond motifs is 1. The third kappa shape index (κ3) is 2.84. The molecule has 0 aliphatic carbocycles. The predicted octanol–water partition coefficient (Wildman–Crippen LogP) is 3.21. The molecule has 0 spiro atoms. The van der Waals surface area contributed by atoms with Crippen molar-refractivity contribution in [2.24, 2.45) is 0 Å². The van der Waals surface area contributed by atoms with Crippen LogP contribution in [0.2, 0.25) is 0 Å². The van der Waals surface area contributed by atoms with E-state index in [0.29, 0.717) is 5.57 Å². The van der Waals surface area contributed by atoms with Gasteiger partial charge in [-0.05, 0) is 36.1 Å². The Kier molecular flexibility index (Phi) is 3.10. The zero-order valence-electron chi connectivity index (χ0n) is 9.47. The monoisotopic (exact) mass is 227 g/mol. The Balaban J connectivity index is 2.24. The van der Waals surface area contributed by atoms with Gasteiger partial charge in [0.25, 0.3) is 0 Å². The van der Waals surface area contributed by atoms with E-state index < -0.39 is 5.97 Å². The van der Waals surface area contributed by atoms with Crippen LogP contribution in [0, 0.1) is 0 Å². The van der Waals surface area contributed by atoms with Gasteiger partial charge in [0.1, 0.15) is 0 Å². The molecule has 1 aromatic heterocycles. The molecule has 0 unspecified atom stereocenters. The molecule has 2 aromatic rings. The first-order valence-electron chi connectivity index (χ1n) is 5.32. The summed E-state index contributed by atoms with van der Waals surface area (Å²) >= 11 is 0. The van der Waals surface area contributed by atoms with E-state index in [2.05, 4.69) is 4.98 Å². The fraction of sp³-hybridized carbons (Fsp3) is 0.0714. The fourth-order valence-corrected chi connectivity index (χ4v) is 1.65. The number of carboxylic acids is 1. The van der Waals surface area contributed by atoms with E-state index in [1.54, 1.807) is 13.0 Å². The summed E-state index contributed by atoms with van der Waals surface area (Å²) in [4.78, 5) is 13.7. The highest BCUT2D eigenvalue weighted by Gasteiger charge is 1.96. The van der Waals surface area contributed by atoms with E-state index in [9.17, 15) is 4.79 Å². The Labute approximate surface area is 99.1 Å². The number of aromatic amines is 1. The van der Waals surface area contributed by atoms with Gasteiger partial charge in [-0.15, -0.1) is 0 Å². The van der Waals surface area contributed by atoms with E-state index >= 15 is 0 Å². The SMILES string of the molecule is CC(/C=C/c1cc2ccccc2[nH]1)=C\C(=O)O. The summed E-state index contributed by atoms with van der Waals surface area (Å²) in [5, 5.41) is 9.72. The lowest BCUT2D eigenvalue weighted by Gasteiger charge is -1.89. The van der Waals surface area contributed by atoms with Gasteiger partial charge in [0.15, 0.2) is 0 Å². The maximum atomic E-state index is 10.4. The van der Waals surface area contributed by atoms with Crippen molar-refractivity contribution in [3.05, 3.63) is 53.8 Å². The highest BCUT2D eigenvalue weighted by atomic mass is 16.4. The van der Waals surface area contributed by atoms with Crippen LogP contribution >= 0.6 is 0 Å². The molecule has 0 radical (unpaired) electrons. The van der Waals surface area contributed by atoms with E-state index in [0.717, 1.165) is 16.6 Å². The summed E-state index contributed by atoms with van der Waals surface area (Å²) in [6.45, 7) is 1.76. The molecule has 1 aromatic carbocycles. The smallest absolute Gasteiger partial charge is 0.328 e. The summed E-state index contributed by atoms with van der Waals surface area (Å²) in [7, 11) is 0. The van der Waals surface area contributed by atoms with Crippen LogP contribution < -0.4 is 0 Å². The van der Waals surface area contributed by atoms with Gasteiger partial charge in [0.2, 0.25) is 0 Å². The molecule has 0 saturated heterocycles. The highest BCUT2D eigenvalue weighted by Crippen LogP contribution is 2.15. The van der Waals surface area contributed by atoms with E-state index in [4.69, 9.17) is 5.11 Å². The normalized spacial score (nSPS) is 12.4. The number of aromatic nitrogens is 1. The molecule has 0 atom stereocenters. The van der Waals surface area contributed by atoms with E-state index in [1.165, 1.54) is 6.08 Å². The number of benzene rings is 1. The van der Waals surface area contributed by atoms with Crippen LogP contribution in [-0.4, -0.2) is 16.1 Å². The molecule has 0 aliphatic rings. The summed E-state index contributed by atoms with van der Waals surface area (Å²) in [6, 6.07) is 10.0. The van der Waals surface area contributed by atoms with Crippen molar-refractivity contribution in [2.45, 2.75) is 6.92 Å². The number of carbonyl (C=O) groups is 1. The number of carboxylic acid groups (broad SMARTS) is 1. The molecule has 2 N–H and O–H groups in total. The van der Waals surface area contributed by atoms with E-state index in [1.807, 2.05) is 36.4 Å². The maximum absolute atomic E-state index is 10.4. The lowest BCUT2D eigenvalue weighted by Crippen LogP contribution is -1.87. The highest BCUT2D eigenvalue weighted by molar-refractivity contribution is 5.83. The number of nitrogens with one attached hydrogen (secondary N) is 1. The number of H-pyrrole nitrogens is 1. The number of rotatable bonds is 3. The second-order valence-electron chi connectivity index (χ2n) is 3.87. The van der Waals surface area contributed by atoms with Gasteiger partial charge in [0, 0.05) is 17.3 Å². The zero-order chi connectivity index (χ0) is 12.3. The lowest BCUT2D eigenvalue weighted by molar-refractivity contribution is -0.131. The number of hydrogen-bond acceptors (Lipinski definition) is 1. The minimum Gasteiger partial charge on any atom is -0.478 e. The predicted molar refractivity (Wildman–Crippen MR) is 68.7 cm³/mol. The van der Waals surface area contributed by atoms with Gasteiger partial charge in [-0.1, -0.05) is 24.3 Å². The van der Waals surface area contributed by atoms with Gasteiger partial charge in [-0.2, -0.15) is 0 Å². The first-order valence-corrected chi connectivity index (χ1v) is 5.32. The van der Waals surface area contributed by atoms with Gasteiger partial charge in [-0.25, -0.2) is 4.79 Å². The molecular weight excluding hydrogens is 214 g/mol.